The van der Waals surface area contributed by atoms with Gasteiger partial charge in [0.15, 0.2) is 0 Å². The summed E-state index contributed by atoms with van der Waals surface area (Å²) in [6.45, 7) is 8.93. The van der Waals surface area contributed by atoms with E-state index in [1.54, 1.807) is 0 Å². The average molecular weight is 316 g/mol. The first-order valence-electron chi connectivity index (χ1n) is 9.26. The Hall–Kier alpha value is -1.58. The van der Waals surface area contributed by atoms with Gasteiger partial charge in [-0.25, -0.2) is 9.97 Å². The summed E-state index contributed by atoms with van der Waals surface area (Å²) in [6.07, 6.45) is 16.7. The zero-order valence-electron chi connectivity index (χ0n) is 15.0. The van der Waals surface area contributed by atoms with E-state index in [0.717, 1.165) is 19.5 Å². The van der Waals surface area contributed by atoms with E-state index in [4.69, 9.17) is 0 Å². The van der Waals surface area contributed by atoms with Gasteiger partial charge in [-0.05, 0) is 19.3 Å². The van der Waals surface area contributed by atoms with Crippen LogP contribution in [0.1, 0.15) is 76.7 Å². The fourth-order valence-corrected chi connectivity index (χ4v) is 3.10. The second kappa shape index (κ2) is 9.53. The normalized spacial score (nSPS) is 12.7. The summed E-state index contributed by atoms with van der Waals surface area (Å²) in [6, 6.07) is 0. The van der Waals surface area contributed by atoms with E-state index in [2.05, 4.69) is 46.1 Å². The lowest BCUT2D eigenvalue weighted by atomic mass is 10.0. The van der Waals surface area contributed by atoms with Crippen LogP contribution >= 0.6 is 0 Å². The van der Waals surface area contributed by atoms with Crippen molar-refractivity contribution in [3.63, 3.8) is 0 Å². The molecule has 4 heteroatoms. The molecule has 2 aromatic rings. The Morgan fingerprint density at radius 2 is 1.78 bits per heavy atom. The van der Waals surface area contributed by atoms with Gasteiger partial charge in [0.1, 0.15) is 5.82 Å². The van der Waals surface area contributed by atoms with Gasteiger partial charge >= 0.3 is 0 Å². The molecule has 0 fully saturated rings. The first-order chi connectivity index (χ1) is 11.3. The molecule has 128 valence electrons. The number of imidazole rings is 2. The van der Waals surface area contributed by atoms with Crippen LogP contribution in [0.3, 0.4) is 0 Å². The van der Waals surface area contributed by atoms with Crippen molar-refractivity contribution in [3.05, 3.63) is 36.4 Å². The molecule has 2 rings (SSSR count). The van der Waals surface area contributed by atoms with E-state index >= 15 is 0 Å². The average Bonchev–Trinajstić information content (AvgIpc) is 3.19. The SMILES string of the molecule is CCCCCCn1cncc1CC(C)c1nccn1CCCC. The molecule has 0 saturated heterocycles. The van der Waals surface area contributed by atoms with Crippen LogP contribution in [0.25, 0.3) is 0 Å². The van der Waals surface area contributed by atoms with Gasteiger partial charge in [-0.3, -0.25) is 0 Å². The van der Waals surface area contributed by atoms with Crippen LogP contribution in [0, 0.1) is 0 Å². The third-order valence-electron chi connectivity index (χ3n) is 4.51. The van der Waals surface area contributed by atoms with E-state index in [-0.39, 0.29) is 0 Å². The van der Waals surface area contributed by atoms with Crippen molar-refractivity contribution < 1.29 is 0 Å². The van der Waals surface area contributed by atoms with Crippen LogP contribution in [0.2, 0.25) is 0 Å². The Morgan fingerprint density at radius 3 is 2.57 bits per heavy atom. The highest BCUT2D eigenvalue weighted by atomic mass is 15.1. The van der Waals surface area contributed by atoms with Crippen molar-refractivity contribution in [2.75, 3.05) is 0 Å². The van der Waals surface area contributed by atoms with E-state index < -0.39 is 0 Å². The van der Waals surface area contributed by atoms with Crippen LogP contribution in [0.15, 0.2) is 24.9 Å². The van der Waals surface area contributed by atoms with Crippen molar-refractivity contribution in [2.45, 2.75) is 84.7 Å². The highest BCUT2D eigenvalue weighted by molar-refractivity contribution is 5.07. The largest absolute Gasteiger partial charge is 0.335 e. The van der Waals surface area contributed by atoms with Crippen LogP contribution in [-0.2, 0) is 19.5 Å². The Labute approximate surface area is 141 Å². The molecule has 2 aromatic heterocycles. The summed E-state index contributed by atoms with van der Waals surface area (Å²) in [7, 11) is 0. The fourth-order valence-electron chi connectivity index (χ4n) is 3.10. The quantitative estimate of drug-likeness (QED) is 0.558. The molecule has 23 heavy (non-hydrogen) atoms. The Balaban J connectivity index is 1.94. The maximum Gasteiger partial charge on any atom is 0.111 e. The van der Waals surface area contributed by atoms with E-state index in [0.29, 0.717) is 5.92 Å². The van der Waals surface area contributed by atoms with Gasteiger partial charge in [-0.15, -0.1) is 0 Å². The molecule has 0 spiro atoms. The standard InChI is InChI=1S/C19H32N4/c1-4-6-8-9-12-23-16-20-15-18(23)14-17(3)19-21-10-13-22(19)11-7-5-2/h10,13,15-17H,4-9,11-12,14H2,1-3H3. The van der Waals surface area contributed by atoms with Crippen LogP contribution < -0.4 is 0 Å². The van der Waals surface area contributed by atoms with Gasteiger partial charge in [0.05, 0.1) is 6.33 Å². The van der Waals surface area contributed by atoms with E-state index in [9.17, 15) is 0 Å². The third-order valence-corrected chi connectivity index (χ3v) is 4.51. The second-order valence-electron chi connectivity index (χ2n) is 6.58. The van der Waals surface area contributed by atoms with Crippen LogP contribution in [-0.4, -0.2) is 19.1 Å². The molecule has 0 aliphatic rings. The molecule has 0 radical (unpaired) electrons. The van der Waals surface area contributed by atoms with Crippen molar-refractivity contribution in [3.8, 4) is 0 Å². The van der Waals surface area contributed by atoms with Gasteiger partial charge in [0, 0.05) is 43.3 Å². The number of hydrogen-bond donors (Lipinski definition) is 0. The minimum absolute atomic E-state index is 0.424. The lowest BCUT2D eigenvalue weighted by Crippen LogP contribution is -2.11. The van der Waals surface area contributed by atoms with Gasteiger partial charge in [0.2, 0.25) is 0 Å². The van der Waals surface area contributed by atoms with Gasteiger partial charge in [-0.1, -0.05) is 46.5 Å². The molecule has 0 bridgehead atoms. The number of nitrogens with zero attached hydrogens (tertiary/aromatic N) is 4. The fraction of sp³-hybridized carbons (Fsp3) is 0.684. The number of aryl methyl sites for hydroxylation is 2. The smallest absolute Gasteiger partial charge is 0.111 e. The Morgan fingerprint density at radius 1 is 1.00 bits per heavy atom. The first kappa shape index (κ1) is 17.8. The summed E-state index contributed by atoms with van der Waals surface area (Å²) < 4.78 is 4.64. The molecule has 0 N–H and O–H groups in total. The van der Waals surface area contributed by atoms with Crippen molar-refractivity contribution in [1.82, 2.24) is 19.1 Å². The molecule has 0 amide bonds. The Bertz CT molecular complexity index is 555. The lowest BCUT2D eigenvalue weighted by molar-refractivity contribution is 0.537. The summed E-state index contributed by atoms with van der Waals surface area (Å²) in [5, 5.41) is 0. The summed E-state index contributed by atoms with van der Waals surface area (Å²) in [5.41, 5.74) is 1.33. The molecule has 2 heterocycles. The molecular formula is C19H32N4. The molecular weight excluding hydrogens is 284 g/mol. The second-order valence-corrected chi connectivity index (χ2v) is 6.58. The van der Waals surface area contributed by atoms with Gasteiger partial charge in [-0.2, -0.15) is 0 Å². The monoisotopic (exact) mass is 316 g/mol. The maximum atomic E-state index is 4.60. The number of unbranched alkanes of at least 4 members (excludes halogenated alkanes) is 4. The topological polar surface area (TPSA) is 35.6 Å². The highest BCUT2D eigenvalue weighted by Gasteiger charge is 2.15. The van der Waals surface area contributed by atoms with Crippen LogP contribution in [0.4, 0.5) is 0 Å². The molecule has 4 nitrogen and oxygen atoms in total. The molecule has 1 atom stereocenters. The molecule has 0 saturated carbocycles. The predicted molar refractivity (Wildman–Crippen MR) is 95.6 cm³/mol. The zero-order valence-corrected chi connectivity index (χ0v) is 15.0. The first-order valence-corrected chi connectivity index (χ1v) is 9.26. The van der Waals surface area contributed by atoms with E-state index in [1.807, 2.05) is 18.7 Å². The lowest BCUT2D eigenvalue weighted by Gasteiger charge is -2.15. The highest BCUT2D eigenvalue weighted by Crippen LogP contribution is 2.20. The van der Waals surface area contributed by atoms with Crippen LogP contribution in [0.5, 0.6) is 0 Å². The summed E-state index contributed by atoms with van der Waals surface area (Å²) in [4.78, 5) is 8.96. The van der Waals surface area contributed by atoms with E-state index in [1.165, 1.54) is 50.0 Å². The Kier molecular flexibility index (Phi) is 7.37. The number of rotatable bonds is 11. The number of hydrogen-bond acceptors (Lipinski definition) is 2. The zero-order chi connectivity index (χ0) is 16.5. The predicted octanol–water partition coefficient (Wildman–Crippen LogP) is 4.81. The maximum absolute atomic E-state index is 4.60. The summed E-state index contributed by atoms with van der Waals surface area (Å²) >= 11 is 0. The minimum Gasteiger partial charge on any atom is -0.335 e. The van der Waals surface area contributed by atoms with Gasteiger partial charge in [0.25, 0.3) is 0 Å². The summed E-state index contributed by atoms with van der Waals surface area (Å²) in [5.74, 6) is 1.63. The minimum atomic E-state index is 0.424. The molecule has 0 aliphatic carbocycles. The van der Waals surface area contributed by atoms with Crippen molar-refractivity contribution in [1.29, 1.82) is 0 Å². The molecule has 0 aromatic carbocycles. The van der Waals surface area contributed by atoms with Crippen molar-refractivity contribution >= 4 is 0 Å². The third kappa shape index (κ3) is 5.22. The van der Waals surface area contributed by atoms with Crippen molar-refractivity contribution in [2.24, 2.45) is 0 Å². The van der Waals surface area contributed by atoms with Gasteiger partial charge < -0.3 is 9.13 Å². The number of aromatic nitrogens is 4. The molecule has 0 aliphatic heterocycles. The molecule has 1 unspecified atom stereocenters.